The van der Waals surface area contributed by atoms with Crippen molar-refractivity contribution in [1.29, 1.82) is 0 Å². The molecule has 9 heteroatoms. The molecule has 0 heterocycles. The smallest absolute Gasteiger partial charge is 0.156 e. The lowest BCUT2D eigenvalue weighted by Crippen LogP contribution is -2.71. The third kappa shape index (κ3) is 3.73. The van der Waals surface area contributed by atoms with Crippen LogP contribution in [0.1, 0.15) is 0 Å². The second kappa shape index (κ2) is 9.64. The second-order valence-corrected chi connectivity index (χ2v) is 10.2. The van der Waals surface area contributed by atoms with Crippen LogP contribution in [0.2, 0.25) is 19.6 Å². The summed E-state index contributed by atoms with van der Waals surface area (Å²) in [6.45, 7) is 6.46. The van der Waals surface area contributed by atoms with Crippen LogP contribution in [0.4, 0.5) is 0 Å². The van der Waals surface area contributed by atoms with Gasteiger partial charge in [-0.1, -0.05) is 19.6 Å². The first-order valence-electron chi connectivity index (χ1n) is 7.72. The number of methoxy groups -OCH3 is 6. The van der Waals surface area contributed by atoms with Crippen molar-refractivity contribution in [3.05, 3.63) is 0 Å². The van der Waals surface area contributed by atoms with Crippen molar-refractivity contribution >= 4 is 28.6 Å². The molecule has 134 valence electrons. The summed E-state index contributed by atoms with van der Waals surface area (Å²) < 4.78 is 35.3. The first kappa shape index (κ1) is 22.4. The molecule has 0 radical (unpaired) electrons. The Morgan fingerprint density at radius 2 is 0.682 bits per heavy atom. The van der Waals surface area contributed by atoms with E-state index in [2.05, 4.69) is 19.6 Å². The highest BCUT2D eigenvalue weighted by atomic mass is 28.2. The van der Waals surface area contributed by atoms with Crippen molar-refractivity contribution < 1.29 is 28.4 Å². The normalized spacial score (nSPS) is 16.8. The Morgan fingerprint density at radius 1 is 0.500 bits per heavy atom. The van der Waals surface area contributed by atoms with Crippen molar-refractivity contribution in [2.24, 2.45) is 5.92 Å². The quantitative estimate of drug-likeness (QED) is 0.328. The van der Waals surface area contributed by atoms with Crippen molar-refractivity contribution in [2.75, 3.05) is 42.7 Å². The van der Waals surface area contributed by atoms with E-state index in [1.54, 1.807) is 42.7 Å². The number of ether oxygens (including phenoxy) is 6. The van der Waals surface area contributed by atoms with Crippen molar-refractivity contribution in [2.45, 2.75) is 35.9 Å². The van der Waals surface area contributed by atoms with Gasteiger partial charge in [-0.15, -0.1) is 0 Å². The molecule has 0 saturated heterocycles. The molecular formula is C13H34O6Si3. The molecule has 0 aliphatic rings. The topological polar surface area (TPSA) is 55.4 Å². The molecule has 6 nitrogen and oxygen atoms in total. The van der Waals surface area contributed by atoms with Gasteiger partial charge in [-0.05, 0) is 0 Å². The van der Waals surface area contributed by atoms with Gasteiger partial charge in [0.05, 0.1) is 28.6 Å². The molecule has 0 saturated carbocycles. The molecular weight excluding hydrogens is 336 g/mol. The monoisotopic (exact) mass is 370 g/mol. The molecule has 0 aromatic rings. The maximum absolute atomic E-state index is 5.89. The lowest BCUT2D eigenvalue weighted by molar-refractivity contribution is -0.338. The Balaban J connectivity index is 6.42. The third-order valence-electron chi connectivity index (χ3n) is 4.87. The maximum Gasteiger partial charge on any atom is 0.156 e. The Labute approximate surface area is 142 Å². The highest BCUT2D eigenvalue weighted by Crippen LogP contribution is 2.43. The highest BCUT2D eigenvalue weighted by Gasteiger charge is 2.61. The second-order valence-electron chi connectivity index (χ2n) is 5.15. The van der Waals surface area contributed by atoms with Crippen LogP contribution in [0.5, 0.6) is 0 Å². The van der Waals surface area contributed by atoms with E-state index < -0.39 is 44.8 Å². The molecule has 0 rings (SSSR count). The fraction of sp³-hybridized carbons (Fsp3) is 1.00. The van der Waals surface area contributed by atoms with Crippen LogP contribution in [-0.2, 0) is 28.4 Å². The first-order chi connectivity index (χ1) is 10.4. The SMILES string of the molecule is COC(OC)([SiH2]C)C(C(OC)(OC)[SiH2]C)C(OC)(OC)[SiH2]C. The number of hydrogen-bond acceptors (Lipinski definition) is 6. The van der Waals surface area contributed by atoms with E-state index in [4.69, 9.17) is 28.4 Å². The van der Waals surface area contributed by atoms with Gasteiger partial charge in [-0.25, -0.2) is 0 Å². The zero-order valence-corrected chi connectivity index (χ0v) is 19.9. The van der Waals surface area contributed by atoms with Crippen molar-refractivity contribution in [3.8, 4) is 0 Å². The summed E-state index contributed by atoms with van der Waals surface area (Å²) in [5.74, 6) is -0.294. The molecule has 0 unspecified atom stereocenters. The number of rotatable bonds is 12. The van der Waals surface area contributed by atoms with Crippen LogP contribution in [-0.4, -0.2) is 87.4 Å². The molecule has 0 aromatic heterocycles. The molecule has 0 aromatic carbocycles. The molecule has 0 atom stereocenters. The van der Waals surface area contributed by atoms with E-state index in [-0.39, 0.29) is 5.92 Å². The Hall–Kier alpha value is 0.411. The zero-order chi connectivity index (χ0) is 17.4. The van der Waals surface area contributed by atoms with Crippen molar-refractivity contribution in [1.82, 2.24) is 0 Å². The highest BCUT2D eigenvalue weighted by molar-refractivity contribution is 6.42. The zero-order valence-electron chi connectivity index (χ0n) is 15.6. The average Bonchev–Trinajstić information content (AvgIpc) is 2.60. The molecule has 22 heavy (non-hydrogen) atoms. The molecule has 0 bridgehead atoms. The predicted octanol–water partition coefficient (Wildman–Crippen LogP) is -0.907. The molecule has 0 spiro atoms. The molecule has 0 aliphatic heterocycles. The lowest BCUT2D eigenvalue weighted by Gasteiger charge is -2.54. The van der Waals surface area contributed by atoms with Gasteiger partial charge >= 0.3 is 0 Å². The van der Waals surface area contributed by atoms with Gasteiger partial charge in [0.15, 0.2) is 16.2 Å². The summed E-state index contributed by atoms with van der Waals surface area (Å²) in [7, 11) is 7.76. The summed E-state index contributed by atoms with van der Waals surface area (Å²) in [4.78, 5) is 0. The lowest BCUT2D eigenvalue weighted by atomic mass is 10.1. The average molecular weight is 371 g/mol. The van der Waals surface area contributed by atoms with Gasteiger partial charge in [-0.3, -0.25) is 0 Å². The van der Waals surface area contributed by atoms with E-state index in [9.17, 15) is 0 Å². The summed E-state index contributed by atoms with van der Waals surface area (Å²) in [5.41, 5.74) is -2.32. The predicted molar refractivity (Wildman–Crippen MR) is 97.0 cm³/mol. The summed E-state index contributed by atoms with van der Waals surface area (Å²) in [6, 6.07) is 0. The van der Waals surface area contributed by atoms with Gasteiger partial charge in [0.1, 0.15) is 5.92 Å². The van der Waals surface area contributed by atoms with Crippen LogP contribution in [0, 0.1) is 5.92 Å². The minimum absolute atomic E-state index is 0.294. The largest absolute Gasteiger partial charge is 0.357 e. The van der Waals surface area contributed by atoms with E-state index in [0.717, 1.165) is 0 Å². The van der Waals surface area contributed by atoms with Crippen LogP contribution in [0.15, 0.2) is 0 Å². The Morgan fingerprint density at radius 3 is 0.773 bits per heavy atom. The molecule has 0 amide bonds. The van der Waals surface area contributed by atoms with Crippen molar-refractivity contribution in [3.63, 3.8) is 0 Å². The molecule has 0 N–H and O–H groups in total. The van der Waals surface area contributed by atoms with Crippen LogP contribution >= 0.6 is 0 Å². The van der Waals surface area contributed by atoms with Gasteiger partial charge in [0, 0.05) is 42.7 Å². The summed E-state index contributed by atoms with van der Waals surface area (Å²) >= 11 is 0. The third-order valence-corrected chi connectivity index (χ3v) is 10.8. The molecule has 0 fully saturated rings. The van der Waals surface area contributed by atoms with Crippen LogP contribution in [0.25, 0.3) is 0 Å². The summed E-state index contributed by atoms with van der Waals surface area (Å²) in [6.07, 6.45) is 0. The Bertz CT molecular complexity index is 234. The Kier molecular flexibility index (Phi) is 9.82. The van der Waals surface area contributed by atoms with Gasteiger partial charge in [-0.2, -0.15) is 0 Å². The van der Waals surface area contributed by atoms with E-state index in [1.807, 2.05) is 0 Å². The minimum Gasteiger partial charge on any atom is -0.357 e. The summed E-state index contributed by atoms with van der Waals surface area (Å²) in [5, 5.41) is 0. The molecule has 0 aliphatic carbocycles. The van der Waals surface area contributed by atoms with Gasteiger partial charge in [0.25, 0.3) is 0 Å². The van der Waals surface area contributed by atoms with E-state index in [0.29, 0.717) is 0 Å². The maximum atomic E-state index is 5.89. The van der Waals surface area contributed by atoms with Gasteiger partial charge < -0.3 is 28.4 Å². The fourth-order valence-electron chi connectivity index (χ4n) is 3.44. The van der Waals surface area contributed by atoms with Gasteiger partial charge in [0.2, 0.25) is 0 Å². The van der Waals surface area contributed by atoms with E-state index in [1.165, 1.54) is 0 Å². The fourth-order valence-corrected chi connectivity index (χ4v) is 9.13. The van der Waals surface area contributed by atoms with E-state index >= 15 is 0 Å². The standard InChI is InChI=1S/C13H34O6Si3/c1-14-11(15-2,20-7)10(12(16-3,17-4)21-8)13(18-5,19-6)22-9/h10H,20-22H2,1-9H3. The van der Waals surface area contributed by atoms with Crippen LogP contribution in [0.3, 0.4) is 0 Å². The first-order valence-corrected chi connectivity index (χ1v) is 14.1. The van der Waals surface area contributed by atoms with Crippen LogP contribution < -0.4 is 0 Å². The minimum atomic E-state index is -0.774. The number of hydrogen-bond donors (Lipinski definition) is 0.